The average molecular weight is 339 g/mol. The third kappa shape index (κ3) is 6.73. The van der Waals surface area contributed by atoms with Crippen molar-refractivity contribution >= 4 is 28.9 Å². The number of carboxylic acids is 1. The van der Waals surface area contributed by atoms with Crippen molar-refractivity contribution < 1.29 is 24.2 Å². The molecule has 0 aliphatic rings. The van der Waals surface area contributed by atoms with Crippen molar-refractivity contribution in [2.24, 2.45) is 0 Å². The van der Waals surface area contributed by atoms with Crippen molar-refractivity contribution in [3.63, 3.8) is 0 Å². The Kier molecular flexibility index (Phi) is 6.62. The second-order valence-corrected chi connectivity index (χ2v) is 7.04. The van der Waals surface area contributed by atoms with Crippen LogP contribution in [0.4, 0.5) is 4.79 Å². The second-order valence-electron chi connectivity index (χ2n) is 5.93. The van der Waals surface area contributed by atoms with E-state index in [1.54, 1.807) is 51.1 Å². The van der Waals surface area contributed by atoms with Crippen LogP contribution in [0.2, 0.25) is 0 Å². The van der Waals surface area contributed by atoms with Crippen molar-refractivity contribution in [3.05, 3.63) is 35.9 Å². The van der Waals surface area contributed by atoms with Crippen LogP contribution in [-0.2, 0) is 14.3 Å². The number of nitrogens with one attached hydrogen (secondary N) is 1. The highest BCUT2D eigenvalue weighted by molar-refractivity contribution is 8.14. The summed E-state index contributed by atoms with van der Waals surface area (Å²) in [4.78, 5) is 35.2. The first kappa shape index (κ1) is 19.0. The van der Waals surface area contributed by atoms with Gasteiger partial charge in [-0.15, -0.1) is 0 Å². The zero-order chi connectivity index (χ0) is 17.6. The van der Waals surface area contributed by atoms with Crippen LogP contribution in [-0.4, -0.2) is 33.9 Å². The molecule has 1 rings (SSSR count). The lowest BCUT2D eigenvalue weighted by Gasteiger charge is -2.22. The van der Waals surface area contributed by atoms with Crippen molar-refractivity contribution in [2.45, 2.75) is 44.6 Å². The third-order valence-corrected chi connectivity index (χ3v) is 3.94. The van der Waals surface area contributed by atoms with Crippen LogP contribution < -0.4 is 5.32 Å². The highest BCUT2D eigenvalue weighted by atomic mass is 32.2. The van der Waals surface area contributed by atoms with Gasteiger partial charge in [0.15, 0.2) is 0 Å². The maximum Gasteiger partial charge on any atom is 0.408 e. The second kappa shape index (κ2) is 8.01. The van der Waals surface area contributed by atoms with E-state index in [0.29, 0.717) is 17.3 Å². The average Bonchev–Trinajstić information content (AvgIpc) is 2.42. The smallest absolute Gasteiger partial charge is 0.408 e. The molecule has 0 radical (unpaired) electrons. The maximum absolute atomic E-state index is 12.2. The van der Waals surface area contributed by atoms with E-state index in [4.69, 9.17) is 4.74 Å². The molecule has 0 saturated carbocycles. The van der Waals surface area contributed by atoms with E-state index < -0.39 is 34.1 Å². The number of amides is 1. The van der Waals surface area contributed by atoms with Crippen molar-refractivity contribution in [1.82, 2.24) is 5.32 Å². The number of carbonyl (C=O) groups is 3. The van der Waals surface area contributed by atoms with E-state index in [0.717, 1.165) is 0 Å². The predicted molar refractivity (Wildman–Crippen MR) is 88.2 cm³/mol. The molecule has 6 nitrogen and oxygen atoms in total. The van der Waals surface area contributed by atoms with E-state index in [1.165, 1.54) is 6.92 Å². The molecule has 7 heteroatoms. The Morgan fingerprint density at radius 1 is 1.17 bits per heavy atom. The van der Waals surface area contributed by atoms with Gasteiger partial charge in [-0.1, -0.05) is 42.1 Å². The first-order valence-electron chi connectivity index (χ1n) is 7.08. The Balaban J connectivity index is 2.69. The number of thioether (sulfide) groups is 1. The molecule has 1 unspecified atom stereocenters. The zero-order valence-electron chi connectivity index (χ0n) is 13.5. The number of carboxylic acid groups (broad SMARTS) is 1. The van der Waals surface area contributed by atoms with Gasteiger partial charge in [-0.2, -0.15) is 0 Å². The molecule has 0 aromatic heterocycles. The largest absolute Gasteiger partial charge is 0.480 e. The Bertz CT molecular complexity index is 568. The number of hydrogen-bond acceptors (Lipinski definition) is 5. The summed E-state index contributed by atoms with van der Waals surface area (Å²) < 4.78 is 5.07. The predicted octanol–water partition coefficient (Wildman–Crippen LogP) is 2.99. The van der Waals surface area contributed by atoms with E-state index in [1.807, 2.05) is 0 Å². The van der Waals surface area contributed by atoms with E-state index in [9.17, 15) is 19.5 Å². The molecule has 2 N–H and O–H groups in total. The van der Waals surface area contributed by atoms with Crippen molar-refractivity contribution in [1.29, 1.82) is 0 Å². The summed E-state index contributed by atoms with van der Waals surface area (Å²) >= 11 is 0.665. The summed E-state index contributed by atoms with van der Waals surface area (Å²) in [5.74, 6) is -1.11. The minimum absolute atomic E-state index is 0.452. The molecule has 0 aliphatic carbocycles. The van der Waals surface area contributed by atoms with Crippen LogP contribution >= 0.6 is 11.8 Å². The van der Waals surface area contributed by atoms with Gasteiger partial charge in [-0.05, 0) is 33.3 Å². The third-order valence-electron chi connectivity index (χ3n) is 2.65. The molecule has 1 aromatic carbocycles. The van der Waals surface area contributed by atoms with Crippen LogP contribution in [0.3, 0.4) is 0 Å². The summed E-state index contributed by atoms with van der Waals surface area (Å²) in [5, 5.41) is 10.2. The molecule has 0 spiro atoms. The number of aliphatic carboxylic acids is 1. The molecule has 0 fully saturated rings. The van der Waals surface area contributed by atoms with E-state index in [-0.39, 0.29) is 0 Å². The van der Waals surface area contributed by atoms with E-state index in [2.05, 4.69) is 5.32 Å². The van der Waals surface area contributed by atoms with Crippen LogP contribution in [0, 0.1) is 0 Å². The first-order valence-corrected chi connectivity index (χ1v) is 7.96. The molecule has 23 heavy (non-hydrogen) atoms. The Morgan fingerprint density at radius 3 is 2.22 bits per heavy atom. The quantitative estimate of drug-likeness (QED) is 0.857. The highest BCUT2D eigenvalue weighted by Gasteiger charge is 2.28. The molecule has 1 aromatic rings. The Hall–Kier alpha value is -2.02. The lowest BCUT2D eigenvalue weighted by Crippen LogP contribution is -2.41. The van der Waals surface area contributed by atoms with Gasteiger partial charge >= 0.3 is 12.1 Å². The standard InChI is InChI=1S/C16H21NO5S/c1-10(17-15(21)22-16(2,3)4)14(20)23-12(13(18)19)11-8-6-5-7-9-11/h5-10,12H,1-4H3,(H,17,21)(H,18,19)/t10-,12?/m1/s1. The lowest BCUT2D eigenvalue weighted by atomic mass is 10.1. The molecule has 2 atom stereocenters. The van der Waals surface area contributed by atoms with Gasteiger partial charge in [0.1, 0.15) is 10.9 Å². The van der Waals surface area contributed by atoms with Crippen LogP contribution in [0.5, 0.6) is 0 Å². The SMILES string of the molecule is C[C@@H](NC(=O)OC(C)(C)C)C(=O)SC(C(=O)O)c1ccccc1. The van der Waals surface area contributed by atoms with Crippen molar-refractivity contribution in [3.8, 4) is 0 Å². The zero-order valence-corrected chi connectivity index (χ0v) is 14.3. The molecule has 0 heterocycles. The molecule has 0 aliphatic heterocycles. The molecule has 1 amide bonds. The fraction of sp³-hybridized carbons (Fsp3) is 0.438. The summed E-state index contributed by atoms with van der Waals surface area (Å²) in [5.41, 5.74) is -0.156. The molecular weight excluding hydrogens is 318 g/mol. The van der Waals surface area contributed by atoms with Crippen LogP contribution in [0.25, 0.3) is 0 Å². The van der Waals surface area contributed by atoms with Gasteiger partial charge in [-0.25, -0.2) is 4.79 Å². The number of rotatable bonds is 5. The Morgan fingerprint density at radius 2 is 1.74 bits per heavy atom. The number of benzene rings is 1. The number of hydrogen-bond donors (Lipinski definition) is 2. The normalized spacial score (nSPS) is 13.7. The van der Waals surface area contributed by atoms with Gasteiger partial charge in [0.25, 0.3) is 0 Å². The van der Waals surface area contributed by atoms with Gasteiger partial charge in [0.2, 0.25) is 5.12 Å². The summed E-state index contributed by atoms with van der Waals surface area (Å²) in [6.07, 6.45) is -0.717. The van der Waals surface area contributed by atoms with Gasteiger partial charge < -0.3 is 15.2 Å². The lowest BCUT2D eigenvalue weighted by molar-refractivity contribution is -0.136. The van der Waals surface area contributed by atoms with Crippen LogP contribution in [0.15, 0.2) is 30.3 Å². The number of ether oxygens (including phenoxy) is 1. The van der Waals surface area contributed by atoms with Gasteiger partial charge in [-0.3, -0.25) is 9.59 Å². The summed E-state index contributed by atoms with van der Waals surface area (Å²) in [7, 11) is 0. The molecule has 126 valence electrons. The summed E-state index contributed by atoms with van der Waals surface area (Å²) in [6, 6.07) is 7.61. The monoisotopic (exact) mass is 339 g/mol. The fourth-order valence-corrected chi connectivity index (χ4v) is 2.54. The minimum atomic E-state index is -1.11. The Labute approximate surface area is 139 Å². The van der Waals surface area contributed by atoms with Crippen LogP contribution in [0.1, 0.15) is 38.5 Å². The fourth-order valence-electron chi connectivity index (χ4n) is 1.65. The van der Waals surface area contributed by atoms with Gasteiger partial charge in [0.05, 0.1) is 6.04 Å². The van der Waals surface area contributed by atoms with Crippen molar-refractivity contribution in [2.75, 3.05) is 0 Å². The molecule has 0 saturated heterocycles. The highest BCUT2D eigenvalue weighted by Crippen LogP contribution is 2.30. The topological polar surface area (TPSA) is 92.7 Å². The summed E-state index contributed by atoms with van der Waals surface area (Å²) in [6.45, 7) is 6.63. The first-order chi connectivity index (χ1) is 10.6. The number of alkyl carbamates (subject to hydrolysis) is 1. The van der Waals surface area contributed by atoms with E-state index >= 15 is 0 Å². The van der Waals surface area contributed by atoms with Gasteiger partial charge in [0, 0.05) is 0 Å². The molecular formula is C16H21NO5S. The molecule has 0 bridgehead atoms. The minimum Gasteiger partial charge on any atom is -0.480 e. The maximum atomic E-state index is 12.2. The number of carbonyl (C=O) groups excluding carboxylic acids is 2.